The van der Waals surface area contributed by atoms with Crippen LogP contribution in [0.25, 0.3) is 0 Å². The summed E-state index contributed by atoms with van der Waals surface area (Å²) in [5, 5.41) is 14.9. The molecule has 226 valence electrons. The molecule has 1 saturated carbocycles. The Labute approximate surface area is 246 Å². The second-order valence-corrected chi connectivity index (χ2v) is 10.4. The molecular weight excluding hydrogens is 538 g/mol. The van der Waals surface area contributed by atoms with E-state index in [-0.39, 0.29) is 42.3 Å². The first-order valence-corrected chi connectivity index (χ1v) is 14.1. The van der Waals surface area contributed by atoms with E-state index in [1.54, 1.807) is 30.3 Å². The number of hydrogen-bond acceptors (Lipinski definition) is 9. The van der Waals surface area contributed by atoms with Gasteiger partial charge < -0.3 is 37.2 Å². The van der Waals surface area contributed by atoms with Gasteiger partial charge >= 0.3 is 0 Å². The number of aromatic nitrogens is 2. The maximum absolute atomic E-state index is 13.3. The highest BCUT2D eigenvalue weighted by Crippen LogP contribution is 2.22. The molecule has 2 aromatic rings. The first-order chi connectivity index (χ1) is 20.1. The van der Waals surface area contributed by atoms with Gasteiger partial charge in [0.15, 0.2) is 0 Å². The van der Waals surface area contributed by atoms with E-state index in [1.165, 1.54) is 12.3 Å². The van der Waals surface area contributed by atoms with Crippen LogP contribution >= 0.6 is 0 Å². The lowest BCUT2D eigenvalue weighted by molar-refractivity contribution is -0.124. The van der Waals surface area contributed by atoms with Gasteiger partial charge in [0.05, 0.1) is 6.54 Å². The normalized spacial score (nSPS) is 16.6. The van der Waals surface area contributed by atoms with Crippen molar-refractivity contribution in [1.29, 1.82) is 0 Å². The predicted molar refractivity (Wildman–Crippen MR) is 161 cm³/mol. The summed E-state index contributed by atoms with van der Waals surface area (Å²) < 4.78 is 0. The standard InChI is InChI=1S/C29H41N9O4/c1-4-14-31-27-23(17-33-29(37-27)36-20-12-10-19(11-13-20)26(30)41)28(42)35-22-8-5-7-21(16-22)34-25(40)18-32-24(39)9-6-15-38(2)3/h6,9-13,17,21-22H,4-5,7-8,14-16,18H2,1-3H3,(H2,30,41)(H,32,39)(H,34,40)(H,35,42)(H2,31,33,36,37)/b9-6+. The summed E-state index contributed by atoms with van der Waals surface area (Å²) in [6.07, 6.45) is 8.44. The van der Waals surface area contributed by atoms with E-state index in [9.17, 15) is 19.2 Å². The van der Waals surface area contributed by atoms with Crippen molar-refractivity contribution in [1.82, 2.24) is 30.8 Å². The highest BCUT2D eigenvalue weighted by molar-refractivity contribution is 5.99. The molecule has 2 unspecified atom stereocenters. The summed E-state index contributed by atoms with van der Waals surface area (Å²) in [6.45, 7) is 3.14. The maximum Gasteiger partial charge on any atom is 0.256 e. The van der Waals surface area contributed by atoms with E-state index < -0.39 is 5.91 Å². The summed E-state index contributed by atoms with van der Waals surface area (Å²) in [4.78, 5) is 59.6. The van der Waals surface area contributed by atoms with Gasteiger partial charge in [-0.3, -0.25) is 19.2 Å². The number of nitrogens with one attached hydrogen (secondary N) is 5. The molecule has 1 aromatic heterocycles. The second-order valence-electron chi connectivity index (χ2n) is 10.4. The zero-order chi connectivity index (χ0) is 30.5. The van der Waals surface area contributed by atoms with Crippen LogP contribution in [0.4, 0.5) is 17.5 Å². The predicted octanol–water partition coefficient (Wildman–Crippen LogP) is 1.53. The Bertz CT molecular complexity index is 1260. The van der Waals surface area contributed by atoms with Crippen LogP contribution in [0, 0.1) is 0 Å². The molecule has 1 heterocycles. The van der Waals surface area contributed by atoms with Crippen LogP contribution < -0.4 is 32.3 Å². The quantitative estimate of drug-likeness (QED) is 0.181. The van der Waals surface area contributed by atoms with Crippen molar-refractivity contribution in [2.45, 2.75) is 51.1 Å². The molecule has 1 aromatic carbocycles. The number of nitrogens with two attached hydrogens (primary N) is 1. The molecule has 13 nitrogen and oxygen atoms in total. The number of hydrogen-bond donors (Lipinski definition) is 6. The van der Waals surface area contributed by atoms with Gasteiger partial charge in [-0.25, -0.2) is 4.98 Å². The van der Waals surface area contributed by atoms with Gasteiger partial charge in [0.1, 0.15) is 11.4 Å². The Morgan fingerprint density at radius 1 is 1.07 bits per heavy atom. The van der Waals surface area contributed by atoms with Crippen LogP contribution in [0.3, 0.4) is 0 Å². The average Bonchev–Trinajstić information content (AvgIpc) is 2.95. The number of likely N-dealkylation sites (N-methyl/N-ethyl adjacent to an activating group) is 1. The summed E-state index contributed by atoms with van der Waals surface area (Å²) in [5.41, 5.74) is 6.66. The summed E-state index contributed by atoms with van der Waals surface area (Å²) in [7, 11) is 3.80. The largest absolute Gasteiger partial charge is 0.369 e. The van der Waals surface area contributed by atoms with Crippen molar-refractivity contribution in [2.24, 2.45) is 5.73 Å². The van der Waals surface area contributed by atoms with Gasteiger partial charge in [-0.15, -0.1) is 0 Å². The molecule has 13 heteroatoms. The molecule has 0 spiro atoms. The van der Waals surface area contributed by atoms with Crippen LogP contribution in [0.5, 0.6) is 0 Å². The topological polar surface area (TPSA) is 183 Å². The number of amides is 4. The molecule has 1 aliphatic rings. The van der Waals surface area contributed by atoms with Gasteiger partial charge in [-0.2, -0.15) is 4.98 Å². The maximum atomic E-state index is 13.3. The third-order valence-electron chi connectivity index (χ3n) is 6.54. The van der Waals surface area contributed by atoms with E-state index in [0.29, 0.717) is 42.1 Å². The molecule has 4 amide bonds. The van der Waals surface area contributed by atoms with Crippen LogP contribution in [0.2, 0.25) is 0 Å². The van der Waals surface area contributed by atoms with E-state index in [4.69, 9.17) is 5.73 Å². The number of primary amides is 1. The molecule has 0 aliphatic heterocycles. The molecule has 0 radical (unpaired) electrons. The number of carbonyl (C=O) groups excluding carboxylic acids is 4. The van der Waals surface area contributed by atoms with Crippen molar-refractivity contribution >= 4 is 41.1 Å². The Morgan fingerprint density at radius 2 is 1.79 bits per heavy atom. The zero-order valence-corrected chi connectivity index (χ0v) is 24.4. The lowest BCUT2D eigenvalue weighted by Crippen LogP contribution is -2.48. The number of rotatable bonds is 14. The minimum Gasteiger partial charge on any atom is -0.369 e. The fourth-order valence-electron chi connectivity index (χ4n) is 4.42. The van der Waals surface area contributed by atoms with Crippen molar-refractivity contribution in [3.63, 3.8) is 0 Å². The first-order valence-electron chi connectivity index (χ1n) is 14.1. The molecule has 42 heavy (non-hydrogen) atoms. The molecule has 3 rings (SSSR count). The molecular formula is C29H41N9O4. The number of anilines is 3. The summed E-state index contributed by atoms with van der Waals surface area (Å²) in [6, 6.07) is 6.34. The van der Waals surface area contributed by atoms with Gasteiger partial charge in [0.2, 0.25) is 23.7 Å². The SMILES string of the molecule is CCCNc1nc(Nc2ccc(C(N)=O)cc2)ncc1C(=O)NC1CCCC(NC(=O)CNC(=O)/C=C/CN(C)C)C1. The Balaban J connectivity index is 1.56. The van der Waals surface area contributed by atoms with E-state index in [2.05, 4.69) is 36.6 Å². The molecule has 0 bridgehead atoms. The molecule has 0 saturated heterocycles. The van der Waals surface area contributed by atoms with Crippen LogP contribution in [0.1, 0.15) is 59.7 Å². The van der Waals surface area contributed by atoms with E-state index in [0.717, 1.165) is 25.7 Å². The van der Waals surface area contributed by atoms with Crippen molar-refractivity contribution in [3.05, 3.63) is 53.7 Å². The number of nitrogens with zero attached hydrogens (tertiary/aromatic N) is 3. The van der Waals surface area contributed by atoms with Crippen LogP contribution in [-0.4, -0.2) is 84.3 Å². The lowest BCUT2D eigenvalue weighted by Gasteiger charge is -2.30. The van der Waals surface area contributed by atoms with Gasteiger partial charge in [-0.1, -0.05) is 13.0 Å². The Hall–Kier alpha value is -4.52. The van der Waals surface area contributed by atoms with Crippen molar-refractivity contribution in [3.8, 4) is 0 Å². The van der Waals surface area contributed by atoms with Gasteiger partial charge in [-0.05, 0) is 70.5 Å². The smallest absolute Gasteiger partial charge is 0.256 e. The lowest BCUT2D eigenvalue weighted by atomic mass is 9.90. The van der Waals surface area contributed by atoms with Crippen LogP contribution in [-0.2, 0) is 9.59 Å². The van der Waals surface area contributed by atoms with E-state index in [1.807, 2.05) is 25.9 Å². The molecule has 2 atom stereocenters. The zero-order valence-electron chi connectivity index (χ0n) is 24.4. The van der Waals surface area contributed by atoms with Gasteiger partial charge in [0.25, 0.3) is 5.91 Å². The second kappa shape index (κ2) is 16.1. The fraction of sp³-hybridized carbons (Fsp3) is 0.448. The summed E-state index contributed by atoms with van der Waals surface area (Å²) in [5.74, 6) is -0.724. The first kappa shape index (κ1) is 32.0. The minimum atomic E-state index is -0.515. The summed E-state index contributed by atoms with van der Waals surface area (Å²) >= 11 is 0. The third kappa shape index (κ3) is 10.5. The number of benzene rings is 1. The fourth-order valence-corrected chi connectivity index (χ4v) is 4.42. The Kier molecular flexibility index (Phi) is 12.2. The monoisotopic (exact) mass is 579 g/mol. The van der Waals surface area contributed by atoms with Gasteiger partial charge in [0, 0.05) is 48.7 Å². The third-order valence-corrected chi connectivity index (χ3v) is 6.54. The number of carbonyl (C=O) groups is 4. The minimum absolute atomic E-state index is 0.112. The molecule has 1 aliphatic carbocycles. The van der Waals surface area contributed by atoms with E-state index >= 15 is 0 Å². The molecule has 1 fully saturated rings. The Morgan fingerprint density at radius 3 is 2.45 bits per heavy atom. The highest BCUT2D eigenvalue weighted by atomic mass is 16.2. The van der Waals surface area contributed by atoms with Crippen molar-refractivity contribution < 1.29 is 19.2 Å². The van der Waals surface area contributed by atoms with Crippen molar-refractivity contribution in [2.75, 3.05) is 44.4 Å². The van der Waals surface area contributed by atoms with Crippen LogP contribution in [0.15, 0.2) is 42.6 Å². The average molecular weight is 580 g/mol. The molecule has 7 N–H and O–H groups in total. The highest BCUT2D eigenvalue weighted by Gasteiger charge is 2.26.